The van der Waals surface area contributed by atoms with E-state index in [1.165, 1.54) is 12.1 Å². The van der Waals surface area contributed by atoms with Gasteiger partial charge in [-0.1, -0.05) is 47.6 Å². The van der Waals surface area contributed by atoms with Crippen molar-refractivity contribution in [3.05, 3.63) is 60.4 Å². The molecule has 0 amide bonds. The molecule has 2 N–H and O–H groups in total. The van der Waals surface area contributed by atoms with Crippen LogP contribution in [0.5, 0.6) is 0 Å². The lowest BCUT2D eigenvalue weighted by molar-refractivity contribution is 0.400. The number of halogens is 2. The van der Waals surface area contributed by atoms with Crippen molar-refractivity contribution in [1.82, 2.24) is 5.16 Å². The average molecular weight is 382 g/mol. The monoisotopic (exact) mass is 382 g/mol. The molecule has 140 valence electrons. The van der Waals surface area contributed by atoms with E-state index < -0.39 is 10.0 Å². The maximum absolute atomic E-state index is 11.3. The molecule has 3 rings (SSSR count). The van der Waals surface area contributed by atoms with Crippen LogP contribution in [0.3, 0.4) is 0 Å². The predicted molar refractivity (Wildman–Crippen MR) is 97.5 cm³/mol. The molecule has 0 bridgehead atoms. The molecule has 0 unspecified atom stereocenters. The summed E-state index contributed by atoms with van der Waals surface area (Å²) in [5.41, 5.74) is 3.32. The summed E-state index contributed by atoms with van der Waals surface area (Å²) in [6, 6.07) is 16.0. The standard InChI is InChI=1S/C16H14N2O3S.2CH3F/c1-11-15(12-7-9-14(10-8-12)22(17,19)20)16(18-21-11)13-5-3-2-4-6-13;2*1-2/h2-10H,1H3,(H2,17,19,20);2*1H3. The van der Waals surface area contributed by atoms with Crippen molar-refractivity contribution in [2.45, 2.75) is 11.8 Å². The average Bonchev–Trinajstić information content (AvgIpc) is 3.06. The summed E-state index contributed by atoms with van der Waals surface area (Å²) in [5, 5.41) is 9.23. The van der Waals surface area contributed by atoms with Crippen LogP contribution in [0.15, 0.2) is 64.0 Å². The van der Waals surface area contributed by atoms with Crippen molar-refractivity contribution in [3.63, 3.8) is 0 Å². The minimum atomic E-state index is -3.70. The van der Waals surface area contributed by atoms with Crippen molar-refractivity contribution in [3.8, 4) is 22.4 Å². The lowest BCUT2D eigenvalue weighted by Crippen LogP contribution is -2.11. The fourth-order valence-electron chi connectivity index (χ4n) is 2.32. The second-order valence-corrected chi connectivity index (χ2v) is 6.46. The van der Waals surface area contributed by atoms with Crippen LogP contribution in [0.2, 0.25) is 0 Å². The van der Waals surface area contributed by atoms with E-state index in [0.717, 1.165) is 22.4 Å². The highest BCUT2D eigenvalue weighted by Crippen LogP contribution is 2.34. The Kier molecular flexibility index (Phi) is 8.08. The number of sulfonamides is 1. The van der Waals surface area contributed by atoms with Crippen LogP contribution in [0, 0.1) is 6.92 Å². The summed E-state index contributed by atoms with van der Waals surface area (Å²) in [7, 11) is -2.70. The molecular formula is C18H20F2N2O3S. The normalized spacial score (nSPS) is 10.2. The van der Waals surface area contributed by atoms with Crippen LogP contribution in [-0.2, 0) is 10.0 Å². The number of nitrogens with zero attached hydrogens (tertiary/aromatic N) is 1. The quantitative estimate of drug-likeness (QED) is 0.738. The molecule has 0 radical (unpaired) electrons. The molecule has 3 aromatic rings. The largest absolute Gasteiger partial charge is 0.360 e. The summed E-state index contributed by atoms with van der Waals surface area (Å²) in [6.45, 7) is 1.82. The fourth-order valence-corrected chi connectivity index (χ4v) is 2.83. The molecule has 0 saturated heterocycles. The summed E-state index contributed by atoms with van der Waals surface area (Å²) >= 11 is 0. The van der Waals surface area contributed by atoms with E-state index in [0.29, 0.717) is 20.1 Å². The number of rotatable bonds is 3. The van der Waals surface area contributed by atoms with Gasteiger partial charge < -0.3 is 4.52 Å². The molecular weight excluding hydrogens is 362 g/mol. The lowest BCUT2D eigenvalue weighted by atomic mass is 10.00. The first-order valence-electron chi connectivity index (χ1n) is 7.37. The van der Waals surface area contributed by atoms with Crippen LogP contribution in [0.25, 0.3) is 22.4 Å². The molecule has 0 fully saturated rings. The Balaban J connectivity index is 0.000000791. The third kappa shape index (κ3) is 4.96. The van der Waals surface area contributed by atoms with Gasteiger partial charge in [0.2, 0.25) is 10.0 Å². The predicted octanol–water partition coefficient (Wildman–Crippen LogP) is 4.14. The topological polar surface area (TPSA) is 86.2 Å². The van der Waals surface area contributed by atoms with E-state index in [2.05, 4.69) is 5.16 Å². The molecule has 0 atom stereocenters. The van der Waals surface area contributed by atoms with Crippen LogP contribution in [0.4, 0.5) is 8.78 Å². The van der Waals surface area contributed by atoms with Crippen molar-refractivity contribution in [2.24, 2.45) is 5.14 Å². The van der Waals surface area contributed by atoms with E-state index in [1.54, 1.807) is 12.1 Å². The second kappa shape index (κ2) is 9.79. The zero-order chi connectivity index (χ0) is 19.7. The zero-order valence-corrected chi connectivity index (χ0v) is 15.4. The third-order valence-corrected chi connectivity index (χ3v) is 4.31. The Hall–Kier alpha value is -2.58. The van der Waals surface area contributed by atoms with E-state index in [9.17, 15) is 17.2 Å². The molecule has 2 aromatic carbocycles. The number of alkyl halides is 2. The molecule has 1 heterocycles. The van der Waals surface area contributed by atoms with Crippen LogP contribution in [-0.4, -0.2) is 27.9 Å². The number of nitrogens with two attached hydrogens (primary N) is 1. The molecule has 0 spiro atoms. The Bertz CT molecular complexity index is 909. The Morgan fingerprint density at radius 2 is 1.42 bits per heavy atom. The van der Waals surface area contributed by atoms with E-state index in [4.69, 9.17) is 9.66 Å². The summed E-state index contributed by atoms with van der Waals surface area (Å²) < 4.78 is 47.0. The molecule has 0 aliphatic heterocycles. The number of aryl methyl sites for hydroxylation is 1. The minimum absolute atomic E-state index is 0.0756. The van der Waals surface area contributed by atoms with Crippen LogP contribution < -0.4 is 5.14 Å². The van der Waals surface area contributed by atoms with Crippen LogP contribution >= 0.6 is 0 Å². The Morgan fingerprint density at radius 1 is 0.885 bits per heavy atom. The highest BCUT2D eigenvalue weighted by atomic mass is 32.2. The molecule has 0 saturated carbocycles. The molecule has 26 heavy (non-hydrogen) atoms. The van der Waals surface area contributed by atoms with Crippen molar-refractivity contribution >= 4 is 10.0 Å². The summed E-state index contributed by atoms with van der Waals surface area (Å²) in [6.07, 6.45) is 0. The molecule has 1 aromatic heterocycles. The van der Waals surface area contributed by atoms with E-state index >= 15 is 0 Å². The van der Waals surface area contributed by atoms with Gasteiger partial charge in [-0.3, -0.25) is 8.78 Å². The molecule has 0 aliphatic rings. The van der Waals surface area contributed by atoms with Gasteiger partial charge in [0.1, 0.15) is 11.5 Å². The Labute approximate surface area is 151 Å². The summed E-state index contributed by atoms with van der Waals surface area (Å²) in [4.78, 5) is 0.0756. The first-order valence-corrected chi connectivity index (χ1v) is 8.92. The van der Waals surface area contributed by atoms with Crippen molar-refractivity contribution < 1.29 is 21.7 Å². The Morgan fingerprint density at radius 3 is 1.92 bits per heavy atom. The number of hydrogen-bond acceptors (Lipinski definition) is 4. The maximum Gasteiger partial charge on any atom is 0.238 e. The fraction of sp³-hybridized carbons (Fsp3) is 0.167. The van der Waals surface area contributed by atoms with Gasteiger partial charge in [0.05, 0.1) is 24.8 Å². The van der Waals surface area contributed by atoms with E-state index in [1.807, 2.05) is 37.3 Å². The van der Waals surface area contributed by atoms with Crippen molar-refractivity contribution in [1.29, 1.82) is 0 Å². The van der Waals surface area contributed by atoms with Crippen molar-refractivity contribution in [2.75, 3.05) is 14.4 Å². The lowest BCUT2D eigenvalue weighted by Gasteiger charge is -2.04. The van der Waals surface area contributed by atoms with Gasteiger partial charge in [0, 0.05) is 5.56 Å². The first kappa shape index (κ1) is 21.5. The van der Waals surface area contributed by atoms with Gasteiger partial charge in [0.15, 0.2) is 0 Å². The number of hydrogen-bond donors (Lipinski definition) is 1. The molecule has 8 heteroatoms. The number of aromatic nitrogens is 1. The minimum Gasteiger partial charge on any atom is -0.360 e. The van der Waals surface area contributed by atoms with Gasteiger partial charge >= 0.3 is 0 Å². The van der Waals surface area contributed by atoms with Crippen LogP contribution in [0.1, 0.15) is 5.76 Å². The van der Waals surface area contributed by atoms with Gasteiger partial charge in [-0.25, -0.2) is 13.6 Å². The van der Waals surface area contributed by atoms with Gasteiger partial charge in [-0.05, 0) is 24.6 Å². The first-order chi connectivity index (χ1) is 12.5. The van der Waals surface area contributed by atoms with Gasteiger partial charge in [-0.2, -0.15) is 0 Å². The zero-order valence-electron chi connectivity index (χ0n) is 14.6. The smallest absolute Gasteiger partial charge is 0.238 e. The molecule has 5 nitrogen and oxygen atoms in total. The third-order valence-electron chi connectivity index (χ3n) is 3.38. The molecule has 0 aliphatic carbocycles. The maximum atomic E-state index is 11.3. The highest BCUT2D eigenvalue weighted by Gasteiger charge is 2.17. The number of primary sulfonamides is 1. The summed E-state index contributed by atoms with van der Waals surface area (Å²) in [5.74, 6) is 0.669. The highest BCUT2D eigenvalue weighted by molar-refractivity contribution is 7.89. The van der Waals surface area contributed by atoms with Gasteiger partial charge in [0.25, 0.3) is 0 Å². The van der Waals surface area contributed by atoms with Gasteiger partial charge in [-0.15, -0.1) is 0 Å². The number of benzene rings is 2. The SMILES string of the molecule is CF.CF.Cc1onc(-c2ccccc2)c1-c1ccc(S(N)(=O)=O)cc1. The van der Waals surface area contributed by atoms with E-state index in [-0.39, 0.29) is 4.90 Å². The second-order valence-electron chi connectivity index (χ2n) is 4.90.